The third kappa shape index (κ3) is 7.39. The first-order valence-corrected chi connectivity index (χ1v) is 39.5. The minimum absolute atomic E-state index is 0.0711. The maximum atomic E-state index is 2.82. The lowest BCUT2D eigenvalue weighted by Crippen LogP contribution is -2.69. The lowest BCUT2D eigenvalue weighted by molar-refractivity contribution is 0.660. The van der Waals surface area contributed by atoms with Gasteiger partial charge in [0.15, 0.2) is 0 Å². The van der Waals surface area contributed by atoms with E-state index in [9.17, 15) is 0 Å². The van der Waals surface area contributed by atoms with Crippen LogP contribution in [-0.2, 0) is 21.7 Å². The highest BCUT2D eigenvalue weighted by Crippen LogP contribution is 2.64. The van der Waals surface area contributed by atoms with Gasteiger partial charge in [0.1, 0.15) is 0 Å². The highest BCUT2D eigenvalue weighted by Gasteiger charge is 2.59. The van der Waals surface area contributed by atoms with Crippen LogP contribution < -0.4 is 57.3 Å². The predicted molar refractivity (Wildman–Crippen MR) is 460 cm³/mol. The Hall–Kier alpha value is -12.6. The van der Waals surface area contributed by atoms with Crippen molar-refractivity contribution >= 4 is 132 Å². The number of hydrogen-bond acceptors (Lipinski definition) is 5. The summed E-state index contributed by atoms with van der Waals surface area (Å²) in [6.07, 6.45) is 0. The van der Waals surface area contributed by atoms with E-state index in [0.29, 0.717) is 0 Å². The molecule has 6 aliphatic heterocycles. The average Bonchev–Trinajstić information content (AvgIpc) is 1.00. The number of nitrogens with zero attached hydrogens (tertiary/aromatic N) is 5. The van der Waals surface area contributed by atoms with E-state index < -0.39 is 0 Å². The summed E-state index contributed by atoms with van der Waals surface area (Å²) < 4.78 is 0. The van der Waals surface area contributed by atoms with E-state index in [0.717, 1.165) is 28.4 Å². The fourth-order valence-corrected chi connectivity index (χ4v) is 23.2. The summed E-state index contributed by atoms with van der Waals surface area (Å²) in [5.41, 5.74) is 49.8. The van der Waals surface area contributed by atoms with Crippen LogP contribution in [0.4, 0.5) is 85.3 Å². The zero-order valence-corrected chi connectivity index (χ0v) is 62.8. The van der Waals surface area contributed by atoms with Gasteiger partial charge in [-0.15, -0.1) is 0 Å². The van der Waals surface area contributed by atoms with Gasteiger partial charge in [0, 0.05) is 90.1 Å². The molecule has 0 aromatic heterocycles. The summed E-state index contributed by atoms with van der Waals surface area (Å²) in [6, 6.07) is 119. The molecule has 4 aliphatic carbocycles. The third-order valence-electron chi connectivity index (χ3n) is 28.0. The Morgan fingerprint density at radius 3 is 0.809 bits per heavy atom. The Balaban J connectivity index is 0.899. The van der Waals surface area contributed by atoms with Gasteiger partial charge in [-0.05, 0) is 236 Å². The lowest BCUT2D eigenvalue weighted by atomic mass is 9.27. The minimum atomic E-state index is -0.296. The molecule has 110 heavy (non-hydrogen) atoms. The van der Waals surface area contributed by atoms with Crippen molar-refractivity contribution < 1.29 is 0 Å². The van der Waals surface area contributed by atoms with Gasteiger partial charge < -0.3 is 24.5 Å². The maximum Gasteiger partial charge on any atom is 0.257 e. The second kappa shape index (κ2) is 20.8. The average molecular weight is 1400 g/mol. The second-order valence-corrected chi connectivity index (χ2v) is 34.5. The van der Waals surface area contributed by atoms with E-state index in [1.165, 1.54) is 195 Å². The van der Waals surface area contributed by atoms with Crippen molar-refractivity contribution in [2.75, 3.05) is 24.5 Å². The first kappa shape index (κ1) is 61.4. The van der Waals surface area contributed by atoms with Crippen molar-refractivity contribution in [1.82, 2.24) is 0 Å². The quantitative estimate of drug-likeness (QED) is 0.154. The molecule has 0 saturated heterocycles. The molecule has 7 heteroatoms. The van der Waals surface area contributed by atoms with Crippen molar-refractivity contribution in [2.45, 2.75) is 83.0 Å². The van der Waals surface area contributed by atoms with Gasteiger partial charge in [0.2, 0.25) is 0 Å². The molecule has 0 saturated carbocycles. The van der Waals surface area contributed by atoms with E-state index in [-0.39, 0.29) is 41.0 Å². The molecule has 0 fully saturated rings. The van der Waals surface area contributed by atoms with Crippen LogP contribution in [0, 0.1) is 0 Å². The van der Waals surface area contributed by atoms with Crippen LogP contribution in [0.3, 0.4) is 0 Å². The highest BCUT2D eigenvalue weighted by molar-refractivity contribution is 7.05. The number of rotatable bonds is 6. The van der Waals surface area contributed by atoms with E-state index >= 15 is 0 Å². The van der Waals surface area contributed by atoms with Crippen LogP contribution in [0.25, 0.3) is 44.5 Å². The largest absolute Gasteiger partial charge is 0.311 e. The monoisotopic (exact) mass is 1400 g/mol. The summed E-state index contributed by atoms with van der Waals surface area (Å²) in [4.78, 5) is 13.8. The standard InChI is InChI=1S/C103H75B2N5/c1-100(2)75-37-19-15-31-65(75)69-51-47-61(55-79(69)100)107-83-41-23-35-73-89(59-27-11-9-12-28-59)74-36-24-42-84-91(74)104(90(73)83)94-96(107)98-95-99(97(94)108(84)62-48-52-70-66-32-16-20-38-76(66)101(3,4)80(70)56-62)110(64-50-54-72-68-34-18-22-40-78(68)103(7,8)82(72)58-64)88-46-26-44-86-93(88)105(95)92-85(106(86)60-29-13-10-14-30-60)43-25-45-87(92)109(98)63-49-53-71-67-33-17-21-39-77(67)102(5,6)81(71)57-63/h9-58,89H,1-8H3. The second-order valence-electron chi connectivity index (χ2n) is 34.5. The first-order valence-electron chi connectivity index (χ1n) is 39.5. The number of benzene rings is 15. The molecule has 0 radical (unpaired) electrons. The molecule has 6 heterocycles. The Bertz CT molecular complexity index is 5980. The topological polar surface area (TPSA) is 16.2 Å². The highest BCUT2D eigenvalue weighted by atomic mass is 15.3. The molecule has 0 spiro atoms. The van der Waals surface area contributed by atoms with Crippen LogP contribution >= 0.6 is 0 Å². The Labute approximate surface area is 643 Å². The molecule has 25 rings (SSSR count). The molecular weight excluding hydrogens is 1330 g/mol. The van der Waals surface area contributed by atoms with Crippen molar-refractivity contribution in [3.8, 4) is 44.5 Å². The van der Waals surface area contributed by atoms with Crippen LogP contribution in [0.5, 0.6) is 0 Å². The molecule has 15 aromatic carbocycles. The zero-order chi connectivity index (χ0) is 73.1. The summed E-state index contributed by atoms with van der Waals surface area (Å²) in [5.74, 6) is -0.0711. The van der Waals surface area contributed by atoms with E-state index in [4.69, 9.17) is 0 Å². The molecule has 0 atom stereocenters. The van der Waals surface area contributed by atoms with Crippen molar-refractivity contribution in [1.29, 1.82) is 0 Å². The minimum Gasteiger partial charge on any atom is -0.311 e. The molecule has 15 aromatic rings. The molecule has 0 bridgehead atoms. The molecule has 5 nitrogen and oxygen atoms in total. The number of para-hydroxylation sites is 1. The van der Waals surface area contributed by atoms with Crippen molar-refractivity contribution in [2.24, 2.45) is 0 Å². The van der Waals surface area contributed by atoms with Crippen LogP contribution in [0.2, 0.25) is 0 Å². The fraction of sp³-hybridized carbons (Fsp3) is 0.126. The van der Waals surface area contributed by atoms with E-state index in [2.05, 4.69) is 383 Å². The Morgan fingerprint density at radius 2 is 0.473 bits per heavy atom. The number of hydrogen-bond donors (Lipinski definition) is 0. The smallest absolute Gasteiger partial charge is 0.257 e. The van der Waals surface area contributed by atoms with Crippen LogP contribution in [-0.4, -0.2) is 13.4 Å². The molecule has 10 aliphatic rings. The van der Waals surface area contributed by atoms with E-state index in [1.807, 2.05) is 0 Å². The van der Waals surface area contributed by atoms with Gasteiger partial charge in [-0.3, -0.25) is 0 Å². The van der Waals surface area contributed by atoms with Gasteiger partial charge >= 0.3 is 0 Å². The maximum absolute atomic E-state index is 2.82. The SMILES string of the molecule is CC1(C)c2ccccc2-c2ccc(N3c4cccc5c4B4c6c(cccc6N(c6ccc7c(c6)C(C)(C)c6ccccc6-7)c6c4c3c3c4c6N(c6ccc7c(c6)C(C)(C)c6ccccc6-7)c6cccc7c6B4c4c(cccc4N3c3ccc4c(c3)C(C)(C)c3ccccc3-4)N7c3ccccc3)C5c3ccccc3)cc21. The van der Waals surface area contributed by atoms with Gasteiger partial charge in [0.05, 0.1) is 22.7 Å². The Morgan fingerprint density at radius 1 is 0.209 bits per heavy atom. The lowest BCUT2D eigenvalue weighted by Gasteiger charge is -2.55. The van der Waals surface area contributed by atoms with E-state index in [1.54, 1.807) is 0 Å². The summed E-state index contributed by atoms with van der Waals surface area (Å²) in [5, 5.41) is 0. The Kier molecular flexibility index (Phi) is 11.6. The first-order chi connectivity index (χ1) is 53.7. The third-order valence-corrected chi connectivity index (χ3v) is 28.0. The van der Waals surface area contributed by atoms with Crippen LogP contribution in [0.15, 0.2) is 303 Å². The summed E-state index contributed by atoms with van der Waals surface area (Å²) >= 11 is 0. The fourth-order valence-electron chi connectivity index (χ4n) is 23.2. The molecule has 0 unspecified atom stereocenters. The van der Waals surface area contributed by atoms with Gasteiger partial charge in [-0.2, -0.15) is 0 Å². The summed E-state index contributed by atoms with van der Waals surface area (Å²) in [7, 11) is 0. The molecule has 0 N–H and O–H groups in total. The zero-order valence-electron chi connectivity index (χ0n) is 62.8. The normalized spacial score (nSPS) is 16.7. The number of fused-ring (bicyclic) bond motifs is 14. The van der Waals surface area contributed by atoms with Crippen LogP contribution in [0.1, 0.15) is 123 Å². The van der Waals surface area contributed by atoms with Gasteiger partial charge in [-0.25, -0.2) is 0 Å². The van der Waals surface area contributed by atoms with Crippen molar-refractivity contribution in [3.63, 3.8) is 0 Å². The molecular formula is C103H75B2N5. The number of anilines is 15. The summed E-state index contributed by atoms with van der Waals surface area (Å²) in [6.45, 7) is 19.1. The van der Waals surface area contributed by atoms with Crippen molar-refractivity contribution in [3.05, 3.63) is 365 Å². The predicted octanol–water partition coefficient (Wildman–Crippen LogP) is 22.4. The van der Waals surface area contributed by atoms with Gasteiger partial charge in [-0.1, -0.05) is 262 Å². The molecule has 518 valence electrons. The van der Waals surface area contributed by atoms with Gasteiger partial charge in [0.25, 0.3) is 13.4 Å². The molecule has 0 amide bonds.